The summed E-state index contributed by atoms with van der Waals surface area (Å²) in [5.41, 5.74) is 0.519. The van der Waals surface area contributed by atoms with E-state index in [-0.39, 0.29) is 24.1 Å². The van der Waals surface area contributed by atoms with E-state index in [1.807, 2.05) is 0 Å². The molecule has 2 N–H and O–H groups in total. The molecule has 1 aliphatic carbocycles. The fourth-order valence-electron chi connectivity index (χ4n) is 3.29. The summed E-state index contributed by atoms with van der Waals surface area (Å²) in [6.45, 7) is 2.72. The lowest BCUT2D eigenvalue weighted by molar-refractivity contribution is -0.126. The predicted octanol–water partition coefficient (Wildman–Crippen LogP) is 2.39. The summed E-state index contributed by atoms with van der Waals surface area (Å²) in [5, 5.41) is 6.32. The van der Waals surface area contributed by atoms with Crippen molar-refractivity contribution in [3.05, 3.63) is 35.6 Å². The molecule has 0 atom stereocenters. The van der Waals surface area contributed by atoms with Crippen molar-refractivity contribution in [3.8, 4) is 0 Å². The number of hydrogen-bond acceptors (Lipinski definition) is 2. The fourth-order valence-corrected chi connectivity index (χ4v) is 3.29. The summed E-state index contributed by atoms with van der Waals surface area (Å²) in [5.74, 6) is 0.432. The number of carbonyl (C=O) groups is 1. The molecule has 116 valence electrons. The van der Waals surface area contributed by atoms with Crippen LogP contribution < -0.4 is 10.6 Å². The highest BCUT2D eigenvalue weighted by Gasteiger charge is 2.42. The number of amides is 1. The van der Waals surface area contributed by atoms with Gasteiger partial charge in [-0.15, -0.1) is 12.4 Å². The van der Waals surface area contributed by atoms with Gasteiger partial charge in [-0.3, -0.25) is 4.79 Å². The molecule has 21 heavy (non-hydrogen) atoms. The van der Waals surface area contributed by atoms with Gasteiger partial charge in [-0.1, -0.05) is 25.0 Å². The Balaban J connectivity index is 0.00000161. The van der Waals surface area contributed by atoms with E-state index in [0.717, 1.165) is 50.9 Å². The van der Waals surface area contributed by atoms with E-state index < -0.39 is 5.41 Å². The molecule has 0 radical (unpaired) electrons. The van der Waals surface area contributed by atoms with Crippen LogP contribution in [0.5, 0.6) is 0 Å². The Bertz CT molecular complexity index is 482. The quantitative estimate of drug-likeness (QED) is 0.896. The van der Waals surface area contributed by atoms with E-state index in [9.17, 15) is 9.18 Å². The number of hydrogen-bond donors (Lipinski definition) is 2. The molecule has 3 nitrogen and oxygen atoms in total. The Morgan fingerprint density at radius 3 is 2.38 bits per heavy atom. The fraction of sp³-hybridized carbons (Fsp3) is 0.562. The minimum atomic E-state index is -0.440. The first kappa shape index (κ1) is 16.2. The Morgan fingerprint density at radius 2 is 1.86 bits per heavy atom. The molecule has 1 aromatic rings. The molecule has 0 unspecified atom stereocenters. The second-order valence-corrected chi connectivity index (χ2v) is 6.03. The van der Waals surface area contributed by atoms with E-state index in [4.69, 9.17) is 0 Å². The van der Waals surface area contributed by atoms with Crippen molar-refractivity contribution < 1.29 is 9.18 Å². The van der Waals surface area contributed by atoms with Crippen molar-refractivity contribution >= 4 is 18.3 Å². The van der Waals surface area contributed by atoms with Crippen LogP contribution in [0.3, 0.4) is 0 Å². The molecular formula is C16H22ClFN2O. The van der Waals surface area contributed by atoms with Gasteiger partial charge in [0.15, 0.2) is 0 Å². The molecule has 0 spiro atoms. The SMILES string of the molecule is Cl.O=C(NCC1CNC1)C1(c2ccc(F)cc2)CCCC1. The van der Waals surface area contributed by atoms with Crippen LogP contribution in [0, 0.1) is 11.7 Å². The summed E-state index contributed by atoms with van der Waals surface area (Å²) >= 11 is 0. The van der Waals surface area contributed by atoms with Gasteiger partial charge in [0.05, 0.1) is 5.41 Å². The van der Waals surface area contributed by atoms with Gasteiger partial charge in [-0.2, -0.15) is 0 Å². The van der Waals surface area contributed by atoms with Gasteiger partial charge < -0.3 is 10.6 Å². The van der Waals surface area contributed by atoms with Crippen LogP contribution in [-0.4, -0.2) is 25.5 Å². The lowest BCUT2D eigenvalue weighted by Gasteiger charge is -2.32. The van der Waals surface area contributed by atoms with Gasteiger partial charge in [0, 0.05) is 25.6 Å². The molecule has 0 aromatic heterocycles. The summed E-state index contributed by atoms with van der Waals surface area (Å²) in [6, 6.07) is 6.45. The van der Waals surface area contributed by atoms with Crippen LogP contribution in [0.25, 0.3) is 0 Å². The number of nitrogens with one attached hydrogen (secondary N) is 2. The Morgan fingerprint density at radius 1 is 1.24 bits per heavy atom. The molecular weight excluding hydrogens is 291 g/mol. The van der Waals surface area contributed by atoms with Crippen molar-refractivity contribution in [2.75, 3.05) is 19.6 Å². The third-order valence-electron chi connectivity index (χ3n) is 4.71. The van der Waals surface area contributed by atoms with E-state index >= 15 is 0 Å². The average Bonchev–Trinajstić information content (AvgIpc) is 2.88. The molecule has 1 saturated heterocycles. The molecule has 0 bridgehead atoms. The van der Waals surface area contributed by atoms with Crippen molar-refractivity contribution in [1.82, 2.24) is 10.6 Å². The second-order valence-electron chi connectivity index (χ2n) is 6.03. The zero-order valence-corrected chi connectivity index (χ0v) is 12.8. The highest BCUT2D eigenvalue weighted by atomic mass is 35.5. The minimum absolute atomic E-state index is 0. The molecule has 1 aliphatic heterocycles. The molecule has 1 saturated carbocycles. The van der Waals surface area contributed by atoms with Gasteiger partial charge in [0.2, 0.25) is 5.91 Å². The van der Waals surface area contributed by atoms with Crippen molar-refractivity contribution in [2.45, 2.75) is 31.1 Å². The number of carbonyl (C=O) groups excluding carboxylic acids is 1. The Labute approximate surface area is 131 Å². The number of halogens is 2. The molecule has 3 rings (SSSR count). The third kappa shape index (κ3) is 3.22. The van der Waals surface area contributed by atoms with E-state index in [0.29, 0.717) is 5.92 Å². The summed E-state index contributed by atoms with van der Waals surface area (Å²) in [6.07, 6.45) is 3.87. The minimum Gasteiger partial charge on any atom is -0.355 e. The van der Waals surface area contributed by atoms with Crippen LogP contribution in [-0.2, 0) is 10.2 Å². The lowest BCUT2D eigenvalue weighted by atomic mass is 9.78. The molecule has 1 heterocycles. The standard InChI is InChI=1S/C16H21FN2O.ClH/c17-14-5-3-13(4-6-14)16(7-1-2-8-16)15(20)19-11-12-9-18-10-12;/h3-6,12,18H,1-2,7-11H2,(H,19,20);1H. The second kappa shape index (κ2) is 6.75. The maximum Gasteiger partial charge on any atom is 0.230 e. The van der Waals surface area contributed by atoms with Crippen molar-refractivity contribution in [2.24, 2.45) is 5.92 Å². The normalized spacial score (nSPS) is 20.4. The largest absolute Gasteiger partial charge is 0.355 e. The van der Waals surface area contributed by atoms with E-state index in [2.05, 4.69) is 10.6 Å². The van der Waals surface area contributed by atoms with Crippen LogP contribution in [0.15, 0.2) is 24.3 Å². The predicted molar refractivity (Wildman–Crippen MR) is 83.2 cm³/mol. The van der Waals surface area contributed by atoms with Gasteiger partial charge in [-0.25, -0.2) is 4.39 Å². The molecule has 2 fully saturated rings. The van der Waals surface area contributed by atoms with Crippen LogP contribution in [0.1, 0.15) is 31.2 Å². The first-order chi connectivity index (χ1) is 9.71. The summed E-state index contributed by atoms with van der Waals surface area (Å²) < 4.78 is 13.1. The first-order valence-electron chi connectivity index (χ1n) is 7.46. The van der Waals surface area contributed by atoms with Gasteiger partial charge in [0.25, 0.3) is 0 Å². The zero-order valence-electron chi connectivity index (χ0n) is 12.0. The van der Waals surface area contributed by atoms with Crippen LogP contribution in [0.4, 0.5) is 4.39 Å². The van der Waals surface area contributed by atoms with E-state index in [1.165, 1.54) is 12.1 Å². The van der Waals surface area contributed by atoms with Gasteiger partial charge in [-0.05, 0) is 30.5 Å². The maximum absolute atomic E-state index is 13.1. The monoisotopic (exact) mass is 312 g/mol. The highest BCUT2D eigenvalue weighted by molar-refractivity contribution is 5.88. The molecule has 5 heteroatoms. The topological polar surface area (TPSA) is 41.1 Å². The Hall–Kier alpha value is -1.13. The zero-order chi connectivity index (χ0) is 14.0. The summed E-state index contributed by atoms with van der Waals surface area (Å²) in [7, 11) is 0. The molecule has 2 aliphatic rings. The van der Waals surface area contributed by atoms with Crippen LogP contribution in [0.2, 0.25) is 0 Å². The highest BCUT2D eigenvalue weighted by Crippen LogP contribution is 2.41. The van der Waals surface area contributed by atoms with Crippen LogP contribution >= 0.6 is 12.4 Å². The molecule has 1 aromatic carbocycles. The van der Waals surface area contributed by atoms with E-state index in [1.54, 1.807) is 12.1 Å². The van der Waals surface area contributed by atoms with Gasteiger partial charge >= 0.3 is 0 Å². The summed E-state index contributed by atoms with van der Waals surface area (Å²) in [4.78, 5) is 12.7. The first-order valence-corrected chi connectivity index (χ1v) is 7.46. The lowest BCUT2D eigenvalue weighted by Crippen LogP contribution is -2.51. The maximum atomic E-state index is 13.1. The third-order valence-corrected chi connectivity index (χ3v) is 4.71. The van der Waals surface area contributed by atoms with Crippen molar-refractivity contribution in [1.29, 1.82) is 0 Å². The smallest absolute Gasteiger partial charge is 0.230 e. The van der Waals surface area contributed by atoms with Crippen molar-refractivity contribution in [3.63, 3.8) is 0 Å². The Kier molecular flexibility index (Phi) is 5.22. The van der Waals surface area contributed by atoms with Gasteiger partial charge in [0.1, 0.15) is 5.82 Å². The number of benzene rings is 1. The average molecular weight is 313 g/mol. The number of rotatable bonds is 4. The molecule has 1 amide bonds.